The highest BCUT2D eigenvalue weighted by atomic mass is 79.9. The summed E-state index contributed by atoms with van der Waals surface area (Å²) in [7, 11) is 0. The molecule has 0 aromatic carbocycles. The van der Waals surface area contributed by atoms with Crippen molar-refractivity contribution in [2.45, 2.75) is 18.2 Å². The maximum atomic E-state index is 11.9. The van der Waals surface area contributed by atoms with E-state index >= 15 is 0 Å². The lowest BCUT2D eigenvalue weighted by atomic mass is 10.5. The number of alkyl halides is 3. The van der Waals surface area contributed by atoms with Gasteiger partial charge in [-0.25, -0.2) is 0 Å². The van der Waals surface area contributed by atoms with Crippen molar-refractivity contribution >= 4 is 21.8 Å². The molecule has 0 bridgehead atoms. The first-order valence-electron chi connectivity index (χ1n) is 2.83. The van der Waals surface area contributed by atoms with Crippen LogP contribution < -0.4 is 5.32 Å². The number of nitrogens with one attached hydrogen (secondary N) is 1. The van der Waals surface area contributed by atoms with Crippen LogP contribution in [0.5, 0.6) is 0 Å². The fraction of sp³-hybridized carbons (Fsp3) is 0.800. The van der Waals surface area contributed by atoms with Crippen LogP contribution in [0, 0.1) is 0 Å². The lowest BCUT2D eigenvalue weighted by Gasteiger charge is -2.07. The maximum Gasteiger partial charge on any atom is 0.377 e. The Morgan fingerprint density at radius 1 is 1.70 bits per heavy atom. The van der Waals surface area contributed by atoms with Crippen molar-refractivity contribution in [2.75, 3.05) is 6.54 Å². The summed E-state index contributed by atoms with van der Waals surface area (Å²) in [6.07, 6.45) is 0.648. The van der Waals surface area contributed by atoms with Crippen molar-refractivity contribution in [3.8, 4) is 0 Å². The van der Waals surface area contributed by atoms with E-state index in [4.69, 9.17) is 0 Å². The summed E-state index contributed by atoms with van der Waals surface area (Å²) in [5.41, 5.74) is 0. The van der Waals surface area contributed by atoms with Crippen LogP contribution in [-0.4, -0.2) is 17.3 Å². The summed E-state index contributed by atoms with van der Waals surface area (Å²) < 4.78 is 23.9. The van der Waals surface area contributed by atoms with Crippen LogP contribution in [0.3, 0.4) is 0 Å². The second kappa shape index (κ2) is 3.85. The highest BCUT2D eigenvalue weighted by Gasteiger charge is 2.34. The average molecular weight is 216 g/mol. The van der Waals surface area contributed by atoms with Crippen LogP contribution in [0.25, 0.3) is 0 Å². The van der Waals surface area contributed by atoms with Crippen LogP contribution in [0.1, 0.15) is 13.3 Å². The number of amides is 1. The predicted octanol–water partition coefficient (Wildman–Crippen LogP) is 1.50. The summed E-state index contributed by atoms with van der Waals surface area (Å²) in [5.74, 6) is -1.28. The molecule has 2 nitrogen and oxygen atoms in total. The van der Waals surface area contributed by atoms with Crippen molar-refractivity contribution < 1.29 is 13.6 Å². The molecular weight excluding hydrogens is 208 g/mol. The largest absolute Gasteiger partial charge is 0.377 e. The van der Waals surface area contributed by atoms with Gasteiger partial charge in [0.05, 0.1) is 0 Å². The average Bonchev–Trinajstić information content (AvgIpc) is 1.80. The van der Waals surface area contributed by atoms with Gasteiger partial charge in [-0.1, -0.05) is 6.92 Å². The summed E-state index contributed by atoms with van der Waals surface area (Å²) in [5, 5.41) is 2.04. The minimum Gasteiger partial charge on any atom is -0.350 e. The topological polar surface area (TPSA) is 29.1 Å². The first-order valence-corrected chi connectivity index (χ1v) is 3.62. The summed E-state index contributed by atoms with van der Waals surface area (Å²) in [6, 6.07) is 0. The molecule has 0 unspecified atom stereocenters. The predicted molar refractivity (Wildman–Crippen MR) is 37.2 cm³/mol. The molecule has 0 rings (SSSR count). The van der Waals surface area contributed by atoms with E-state index in [1.807, 2.05) is 21.2 Å². The van der Waals surface area contributed by atoms with Gasteiger partial charge in [-0.3, -0.25) is 4.79 Å². The molecule has 10 heavy (non-hydrogen) atoms. The molecule has 0 aliphatic carbocycles. The Morgan fingerprint density at radius 2 is 2.20 bits per heavy atom. The van der Waals surface area contributed by atoms with E-state index in [0.717, 1.165) is 0 Å². The number of halogens is 3. The number of hydrogen-bond donors (Lipinski definition) is 1. The zero-order chi connectivity index (χ0) is 8.20. The lowest BCUT2D eigenvalue weighted by Crippen LogP contribution is -2.35. The smallest absolute Gasteiger partial charge is 0.350 e. The molecule has 0 saturated heterocycles. The minimum absolute atomic E-state index is 0.278. The van der Waals surface area contributed by atoms with Gasteiger partial charge < -0.3 is 5.32 Å². The molecule has 1 N–H and O–H groups in total. The standard InChI is InChI=1S/C5H8BrF2NO/c1-2-3-9-4(10)5(6,7)8/h2-3H2,1H3,(H,9,10). The van der Waals surface area contributed by atoms with E-state index in [9.17, 15) is 13.6 Å². The van der Waals surface area contributed by atoms with Crippen LogP contribution in [0.15, 0.2) is 0 Å². The van der Waals surface area contributed by atoms with E-state index < -0.39 is 10.7 Å². The minimum atomic E-state index is -3.43. The van der Waals surface area contributed by atoms with Crippen LogP contribution in [0.2, 0.25) is 0 Å². The third-order valence-electron chi connectivity index (χ3n) is 0.793. The summed E-state index contributed by atoms with van der Waals surface area (Å²) in [4.78, 5) is 6.89. The molecule has 0 aliphatic rings. The fourth-order valence-corrected chi connectivity index (χ4v) is 0.479. The normalized spacial score (nSPS) is 11.2. The highest BCUT2D eigenvalue weighted by molar-refractivity contribution is 9.10. The highest BCUT2D eigenvalue weighted by Crippen LogP contribution is 2.20. The van der Waals surface area contributed by atoms with Crippen molar-refractivity contribution in [3.63, 3.8) is 0 Å². The molecule has 0 aliphatic heterocycles. The molecule has 0 fully saturated rings. The molecular formula is C5H8BrF2NO. The Balaban J connectivity index is 3.64. The molecule has 0 aromatic rings. The summed E-state index contributed by atoms with van der Waals surface area (Å²) in [6.45, 7) is 2.06. The van der Waals surface area contributed by atoms with Gasteiger partial charge >= 0.3 is 10.7 Å². The van der Waals surface area contributed by atoms with Gasteiger partial charge in [0.1, 0.15) is 0 Å². The van der Waals surface area contributed by atoms with E-state index in [-0.39, 0.29) is 6.54 Å². The third kappa shape index (κ3) is 3.76. The molecule has 5 heteroatoms. The Kier molecular flexibility index (Phi) is 3.78. The SMILES string of the molecule is CCCNC(=O)C(F)(F)Br. The molecule has 0 aromatic heterocycles. The van der Waals surface area contributed by atoms with Crippen molar-refractivity contribution in [1.82, 2.24) is 5.32 Å². The zero-order valence-electron chi connectivity index (χ0n) is 5.46. The molecule has 0 radical (unpaired) electrons. The van der Waals surface area contributed by atoms with Gasteiger partial charge in [-0.2, -0.15) is 8.78 Å². The quantitative estimate of drug-likeness (QED) is 0.711. The first kappa shape index (κ1) is 9.81. The van der Waals surface area contributed by atoms with E-state index in [1.165, 1.54) is 0 Å². The van der Waals surface area contributed by atoms with Gasteiger partial charge in [0.2, 0.25) is 0 Å². The van der Waals surface area contributed by atoms with Crippen molar-refractivity contribution in [2.24, 2.45) is 0 Å². The molecule has 0 heterocycles. The Morgan fingerprint density at radius 3 is 2.50 bits per heavy atom. The van der Waals surface area contributed by atoms with Crippen LogP contribution in [0.4, 0.5) is 8.78 Å². The monoisotopic (exact) mass is 215 g/mol. The van der Waals surface area contributed by atoms with Gasteiger partial charge in [0.15, 0.2) is 0 Å². The lowest BCUT2D eigenvalue weighted by molar-refractivity contribution is -0.134. The van der Waals surface area contributed by atoms with E-state index in [2.05, 4.69) is 0 Å². The van der Waals surface area contributed by atoms with Crippen molar-refractivity contribution in [3.05, 3.63) is 0 Å². The number of carbonyl (C=O) groups is 1. The van der Waals surface area contributed by atoms with E-state index in [1.54, 1.807) is 6.92 Å². The van der Waals surface area contributed by atoms with Crippen LogP contribution in [-0.2, 0) is 4.79 Å². The van der Waals surface area contributed by atoms with Crippen molar-refractivity contribution in [1.29, 1.82) is 0 Å². The second-order valence-corrected chi connectivity index (χ2v) is 2.75. The first-order chi connectivity index (χ1) is 4.48. The summed E-state index contributed by atoms with van der Waals surface area (Å²) >= 11 is 1.93. The molecule has 0 atom stereocenters. The molecule has 0 spiro atoms. The van der Waals surface area contributed by atoms with E-state index in [0.29, 0.717) is 6.42 Å². The molecule has 60 valence electrons. The fourth-order valence-electron chi connectivity index (χ4n) is 0.339. The maximum absolute atomic E-state index is 11.9. The Hall–Kier alpha value is -0.190. The molecule has 0 saturated carbocycles. The third-order valence-corrected chi connectivity index (χ3v) is 1.15. The van der Waals surface area contributed by atoms with Crippen LogP contribution >= 0.6 is 15.9 Å². The Labute approximate surface area is 66.1 Å². The number of carbonyl (C=O) groups excluding carboxylic acids is 1. The second-order valence-electron chi connectivity index (χ2n) is 1.75. The Bertz CT molecular complexity index is 123. The van der Waals surface area contributed by atoms with Gasteiger partial charge in [0.25, 0.3) is 0 Å². The zero-order valence-corrected chi connectivity index (χ0v) is 7.04. The number of rotatable bonds is 3. The van der Waals surface area contributed by atoms with Gasteiger partial charge in [0, 0.05) is 22.5 Å². The molecule has 1 amide bonds. The number of hydrogen-bond acceptors (Lipinski definition) is 1. The van der Waals surface area contributed by atoms with Gasteiger partial charge in [-0.05, 0) is 6.42 Å². The van der Waals surface area contributed by atoms with Gasteiger partial charge in [-0.15, -0.1) is 0 Å².